The zero-order valence-electron chi connectivity index (χ0n) is 18.8. The zero-order valence-corrected chi connectivity index (χ0v) is 18.8. The van der Waals surface area contributed by atoms with E-state index in [-0.39, 0.29) is 30.4 Å². The van der Waals surface area contributed by atoms with Crippen molar-refractivity contribution in [3.63, 3.8) is 0 Å². The van der Waals surface area contributed by atoms with Crippen LogP contribution in [-0.4, -0.2) is 42.8 Å². The minimum atomic E-state index is -0.792. The van der Waals surface area contributed by atoms with Crippen molar-refractivity contribution >= 4 is 17.9 Å². The molecule has 0 unspecified atom stereocenters. The molecule has 0 bridgehead atoms. The van der Waals surface area contributed by atoms with E-state index in [1.165, 1.54) is 13.8 Å². The highest BCUT2D eigenvalue weighted by atomic mass is 16.6. The summed E-state index contributed by atoms with van der Waals surface area (Å²) in [5.74, 6) is -1.30. The molecule has 7 atom stereocenters. The Kier molecular flexibility index (Phi) is 4.93. The highest BCUT2D eigenvalue weighted by Gasteiger charge is 2.78. The van der Waals surface area contributed by atoms with Crippen LogP contribution >= 0.6 is 0 Å². The van der Waals surface area contributed by atoms with Crippen molar-refractivity contribution in [2.45, 2.75) is 70.7 Å². The van der Waals surface area contributed by atoms with Crippen LogP contribution in [0.1, 0.15) is 64.5 Å². The van der Waals surface area contributed by atoms with Gasteiger partial charge in [0.2, 0.25) is 0 Å². The Bertz CT molecular complexity index is 918. The molecule has 2 saturated heterocycles. The molecule has 0 N–H and O–H groups in total. The van der Waals surface area contributed by atoms with Gasteiger partial charge in [-0.2, -0.15) is 0 Å². The Labute approximate surface area is 186 Å². The lowest BCUT2D eigenvalue weighted by Gasteiger charge is -2.61. The van der Waals surface area contributed by atoms with Crippen LogP contribution in [-0.2, 0) is 33.3 Å². The van der Waals surface area contributed by atoms with Crippen LogP contribution in [0.15, 0.2) is 23.0 Å². The molecule has 0 aromatic carbocycles. The molecule has 4 fully saturated rings. The highest BCUT2D eigenvalue weighted by molar-refractivity contribution is 5.81. The Morgan fingerprint density at radius 2 is 2.03 bits per heavy atom. The molecule has 4 aliphatic rings. The summed E-state index contributed by atoms with van der Waals surface area (Å²) in [7, 11) is 0. The lowest BCUT2D eigenvalue weighted by molar-refractivity contribution is -0.228. The maximum atomic E-state index is 13.7. The summed E-state index contributed by atoms with van der Waals surface area (Å²) in [6.45, 7) is 5.37. The van der Waals surface area contributed by atoms with E-state index in [4.69, 9.17) is 23.4 Å². The summed E-state index contributed by atoms with van der Waals surface area (Å²) in [5.41, 5.74) is -1.30. The predicted octanol–water partition coefficient (Wildman–Crippen LogP) is 3.34. The molecule has 3 heterocycles. The third-order valence-electron chi connectivity index (χ3n) is 8.57. The van der Waals surface area contributed by atoms with Crippen molar-refractivity contribution in [1.29, 1.82) is 0 Å². The second-order valence-corrected chi connectivity index (χ2v) is 9.98. The third kappa shape index (κ3) is 2.87. The number of rotatable bonds is 4. The van der Waals surface area contributed by atoms with E-state index in [0.717, 1.165) is 24.8 Å². The third-order valence-corrected chi connectivity index (χ3v) is 8.57. The molecule has 8 heteroatoms. The van der Waals surface area contributed by atoms with Crippen LogP contribution in [0.25, 0.3) is 0 Å². The number of esters is 3. The smallest absolute Gasteiger partial charge is 0.313 e. The van der Waals surface area contributed by atoms with Gasteiger partial charge in [-0.25, -0.2) is 0 Å². The minimum absolute atomic E-state index is 0.0586. The van der Waals surface area contributed by atoms with Crippen molar-refractivity contribution in [3.8, 4) is 0 Å². The van der Waals surface area contributed by atoms with Gasteiger partial charge in [0.05, 0.1) is 30.0 Å². The molecule has 0 amide bonds. The number of cyclic esters (lactones) is 1. The first-order valence-electron chi connectivity index (χ1n) is 11.4. The summed E-state index contributed by atoms with van der Waals surface area (Å²) in [6, 6.07) is 1.82. The lowest BCUT2D eigenvalue weighted by Crippen LogP contribution is -2.68. The van der Waals surface area contributed by atoms with Crippen LogP contribution < -0.4 is 0 Å². The molecule has 8 nitrogen and oxygen atoms in total. The highest BCUT2D eigenvalue weighted by Crippen LogP contribution is 2.71. The maximum Gasteiger partial charge on any atom is 0.313 e. The first kappa shape index (κ1) is 21.5. The van der Waals surface area contributed by atoms with Crippen molar-refractivity contribution in [3.05, 3.63) is 24.2 Å². The maximum absolute atomic E-state index is 13.7. The zero-order chi connectivity index (χ0) is 22.7. The van der Waals surface area contributed by atoms with Gasteiger partial charge in [0.15, 0.2) is 0 Å². The van der Waals surface area contributed by atoms with Crippen LogP contribution in [0.3, 0.4) is 0 Å². The fourth-order valence-electron chi connectivity index (χ4n) is 7.12. The van der Waals surface area contributed by atoms with E-state index in [9.17, 15) is 14.4 Å². The number of hydrogen-bond acceptors (Lipinski definition) is 8. The van der Waals surface area contributed by atoms with Crippen molar-refractivity contribution in [1.82, 2.24) is 0 Å². The average Bonchev–Trinajstić information content (AvgIpc) is 3.16. The van der Waals surface area contributed by atoms with Crippen molar-refractivity contribution in [2.75, 3.05) is 13.2 Å². The van der Waals surface area contributed by atoms with Gasteiger partial charge in [-0.3, -0.25) is 14.4 Å². The molecule has 2 aliphatic carbocycles. The number of furan rings is 1. The van der Waals surface area contributed by atoms with Gasteiger partial charge in [-0.1, -0.05) is 13.3 Å². The van der Waals surface area contributed by atoms with Gasteiger partial charge in [-0.15, -0.1) is 0 Å². The number of fused-ring (bicyclic) bond motifs is 3. The summed E-state index contributed by atoms with van der Waals surface area (Å²) < 4.78 is 28.8. The molecule has 1 aromatic heterocycles. The van der Waals surface area contributed by atoms with Crippen LogP contribution in [0.2, 0.25) is 0 Å². The van der Waals surface area contributed by atoms with E-state index in [1.54, 1.807) is 12.5 Å². The van der Waals surface area contributed by atoms with Gasteiger partial charge in [0, 0.05) is 25.8 Å². The quantitative estimate of drug-likeness (QED) is 0.394. The van der Waals surface area contributed by atoms with Gasteiger partial charge >= 0.3 is 17.9 Å². The summed E-state index contributed by atoms with van der Waals surface area (Å²) in [5, 5.41) is 0. The Morgan fingerprint density at radius 3 is 2.66 bits per heavy atom. The summed E-state index contributed by atoms with van der Waals surface area (Å²) >= 11 is 0. The second kappa shape index (κ2) is 7.33. The molecule has 2 spiro atoms. The van der Waals surface area contributed by atoms with Gasteiger partial charge in [0.1, 0.15) is 24.4 Å². The fourth-order valence-corrected chi connectivity index (χ4v) is 7.12. The molecule has 32 heavy (non-hydrogen) atoms. The van der Waals surface area contributed by atoms with Gasteiger partial charge in [-0.05, 0) is 37.2 Å². The Morgan fingerprint density at radius 1 is 1.25 bits per heavy atom. The number of carbonyl (C=O) groups excluding carboxylic acids is 3. The van der Waals surface area contributed by atoms with Crippen molar-refractivity contribution in [2.24, 2.45) is 22.7 Å². The molecule has 0 radical (unpaired) electrons. The lowest BCUT2D eigenvalue weighted by atomic mass is 9.42. The molecular weight excluding hydrogens is 416 g/mol. The van der Waals surface area contributed by atoms with Crippen LogP contribution in [0, 0.1) is 22.7 Å². The molecule has 5 rings (SSSR count). The van der Waals surface area contributed by atoms with E-state index in [2.05, 4.69) is 0 Å². The predicted molar refractivity (Wildman–Crippen MR) is 109 cm³/mol. The van der Waals surface area contributed by atoms with Crippen LogP contribution in [0.5, 0.6) is 0 Å². The topological polar surface area (TPSA) is 105 Å². The molecule has 2 aliphatic heterocycles. The first-order chi connectivity index (χ1) is 15.2. The number of hydrogen-bond donors (Lipinski definition) is 0. The second-order valence-electron chi connectivity index (χ2n) is 9.98. The first-order valence-corrected chi connectivity index (χ1v) is 11.4. The monoisotopic (exact) mass is 446 g/mol. The van der Waals surface area contributed by atoms with E-state index in [0.29, 0.717) is 19.4 Å². The SMILES string of the molecule is CC(=O)OC[C@@]12[C@H](CCC[C@]13CO3)[C@]1(C[C@@H](c3ccoc3)OC1=O)[C@H](C)C[C@H]2OC(C)=O. The van der Waals surface area contributed by atoms with E-state index in [1.807, 2.05) is 13.0 Å². The number of carbonyl (C=O) groups is 3. The summed E-state index contributed by atoms with van der Waals surface area (Å²) in [6.07, 6.45) is 5.72. The molecule has 1 aromatic rings. The molecule has 2 saturated carbocycles. The molecule has 174 valence electrons. The molecular formula is C24H30O8. The Balaban J connectivity index is 1.62. The number of epoxide rings is 1. The number of ether oxygens (including phenoxy) is 4. The largest absolute Gasteiger partial charge is 0.472 e. The van der Waals surface area contributed by atoms with Gasteiger partial charge < -0.3 is 23.4 Å². The standard InChI is InChI=1S/C24H30O8/c1-14-9-20(31-16(3)26)24(13-29-15(2)25)19(5-4-7-22(24)12-30-22)23(14)10-18(32-21(23)27)17-6-8-28-11-17/h6,8,11,14,18-20H,4-5,7,9-10,12-13H2,1-3H3/t14-,18+,19-,20-,22+,23+,24+/m1/s1. The van der Waals surface area contributed by atoms with Crippen molar-refractivity contribution < 1.29 is 37.7 Å². The summed E-state index contributed by atoms with van der Waals surface area (Å²) in [4.78, 5) is 37.7. The van der Waals surface area contributed by atoms with Crippen LogP contribution in [0.4, 0.5) is 0 Å². The average molecular weight is 446 g/mol. The Hall–Kier alpha value is -2.35. The van der Waals surface area contributed by atoms with Gasteiger partial charge in [0.25, 0.3) is 0 Å². The van der Waals surface area contributed by atoms with E-state index >= 15 is 0 Å². The minimum Gasteiger partial charge on any atom is -0.472 e. The fraction of sp³-hybridized carbons (Fsp3) is 0.708. The normalized spacial score (nSPS) is 42.4. The van der Waals surface area contributed by atoms with E-state index < -0.39 is 34.6 Å².